The lowest BCUT2D eigenvalue weighted by Gasteiger charge is -2.13. The third-order valence-corrected chi connectivity index (χ3v) is 5.31. The molecule has 0 spiro atoms. The molecule has 0 aliphatic carbocycles. The first-order valence-corrected chi connectivity index (χ1v) is 10.3. The average molecular weight is 434 g/mol. The van der Waals surface area contributed by atoms with Gasteiger partial charge < -0.3 is 15.2 Å². The van der Waals surface area contributed by atoms with Gasteiger partial charge in [-0.05, 0) is 46.5 Å². The van der Waals surface area contributed by atoms with Gasteiger partial charge in [-0.25, -0.2) is 9.18 Å². The fourth-order valence-electron chi connectivity index (χ4n) is 3.62. The van der Waals surface area contributed by atoms with Crippen LogP contribution < -0.4 is 5.32 Å². The number of hydrogen-bond acceptors (Lipinski definition) is 4. The molecule has 3 aromatic carbocycles. The van der Waals surface area contributed by atoms with Crippen molar-refractivity contribution < 1.29 is 23.8 Å². The van der Waals surface area contributed by atoms with Gasteiger partial charge in [-0.1, -0.05) is 48.5 Å². The first-order chi connectivity index (χ1) is 15.5. The summed E-state index contributed by atoms with van der Waals surface area (Å²) in [5, 5.41) is 11.5. The van der Waals surface area contributed by atoms with Crippen LogP contribution in [0.1, 0.15) is 27.6 Å². The van der Waals surface area contributed by atoms with Gasteiger partial charge in [-0.15, -0.1) is 0 Å². The summed E-state index contributed by atoms with van der Waals surface area (Å²) < 4.78 is 18.6. The molecule has 1 heterocycles. The van der Waals surface area contributed by atoms with E-state index in [2.05, 4.69) is 5.32 Å². The van der Waals surface area contributed by atoms with Crippen molar-refractivity contribution in [1.29, 1.82) is 0 Å². The number of halogens is 1. The molecule has 0 aromatic heterocycles. The number of nitrogens with one attached hydrogen (secondary N) is 1. The predicted octanol–water partition coefficient (Wildman–Crippen LogP) is 3.91. The van der Waals surface area contributed by atoms with Gasteiger partial charge in [0.25, 0.3) is 5.91 Å². The maximum absolute atomic E-state index is 13.1. The maximum atomic E-state index is 13.1. The molecule has 0 saturated carbocycles. The number of hydrogen-bond donors (Lipinski definition) is 2. The highest BCUT2D eigenvalue weighted by molar-refractivity contribution is 5.95. The van der Waals surface area contributed by atoms with Gasteiger partial charge in [0.1, 0.15) is 11.9 Å². The quantitative estimate of drug-likeness (QED) is 0.591. The Labute approximate surface area is 185 Å². The largest absolute Gasteiger partial charge is 0.439 e. The number of cyclic esters (lactones) is 1. The van der Waals surface area contributed by atoms with Gasteiger partial charge in [0, 0.05) is 18.7 Å². The fourth-order valence-corrected chi connectivity index (χ4v) is 3.62. The minimum absolute atomic E-state index is 0.109. The van der Waals surface area contributed by atoms with Gasteiger partial charge in [-0.3, -0.25) is 9.69 Å². The van der Waals surface area contributed by atoms with E-state index in [0.29, 0.717) is 18.7 Å². The summed E-state index contributed by atoms with van der Waals surface area (Å²) in [5.41, 5.74) is 4.07. The summed E-state index contributed by atoms with van der Waals surface area (Å²) in [6.07, 6.45) is -0.813. The van der Waals surface area contributed by atoms with Crippen molar-refractivity contribution in [3.8, 4) is 11.1 Å². The third kappa shape index (κ3) is 4.95. The highest BCUT2D eigenvalue weighted by Gasteiger charge is 2.32. The molecule has 3 aromatic rings. The van der Waals surface area contributed by atoms with E-state index in [1.807, 2.05) is 36.4 Å². The summed E-state index contributed by atoms with van der Waals surface area (Å²) in [6.45, 7) is 0.901. The molecular formula is C25H23FN2O4. The number of nitrogens with zero attached hydrogens (tertiary/aromatic N) is 1. The first-order valence-electron chi connectivity index (χ1n) is 10.3. The van der Waals surface area contributed by atoms with Crippen molar-refractivity contribution in [3.05, 3.63) is 95.3 Å². The van der Waals surface area contributed by atoms with Crippen molar-refractivity contribution in [3.63, 3.8) is 0 Å². The third-order valence-electron chi connectivity index (χ3n) is 5.31. The van der Waals surface area contributed by atoms with Gasteiger partial charge >= 0.3 is 6.09 Å². The minimum atomic E-state index is -0.415. The van der Waals surface area contributed by atoms with Crippen LogP contribution in [-0.2, 0) is 11.3 Å². The summed E-state index contributed by atoms with van der Waals surface area (Å²) in [5.74, 6) is -0.563. The lowest BCUT2D eigenvalue weighted by atomic mass is 10.0. The highest BCUT2D eigenvalue weighted by atomic mass is 19.1. The Morgan fingerprint density at radius 3 is 2.53 bits per heavy atom. The van der Waals surface area contributed by atoms with Crippen molar-refractivity contribution in [2.75, 3.05) is 19.7 Å². The molecule has 7 heteroatoms. The normalized spacial score (nSPS) is 15.5. The fraction of sp³-hybridized carbons (Fsp3) is 0.200. The Kier molecular flexibility index (Phi) is 6.47. The minimum Gasteiger partial charge on any atom is -0.439 e. The number of rotatable bonds is 7. The van der Waals surface area contributed by atoms with E-state index in [1.165, 1.54) is 12.1 Å². The molecule has 32 heavy (non-hydrogen) atoms. The SMILES string of the molecule is O=C(NCCO)c1cccc(-c2ccc(CN3CC(c4ccc(F)cc4)OC3=O)cc2)c1. The van der Waals surface area contributed by atoms with Gasteiger partial charge in [0.05, 0.1) is 13.2 Å². The maximum Gasteiger partial charge on any atom is 0.410 e. The molecule has 6 nitrogen and oxygen atoms in total. The lowest BCUT2D eigenvalue weighted by Crippen LogP contribution is -2.26. The zero-order chi connectivity index (χ0) is 22.5. The number of carbonyl (C=O) groups excluding carboxylic acids is 2. The summed E-state index contributed by atoms with van der Waals surface area (Å²) in [4.78, 5) is 26.0. The van der Waals surface area contributed by atoms with Gasteiger partial charge in [0.15, 0.2) is 0 Å². The molecule has 4 rings (SSSR count). The smallest absolute Gasteiger partial charge is 0.410 e. The van der Waals surface area contributed by atoms with Crippen molar-refractivity contribution in [2.45, 2.75) is 12.6 Å². The van der Waals surface area contributed by atoms with E-state index in [4.69, 9.17) is 9.84 Å². The molecule has 164 valence electrons. The molecular weight excluding hydrogens is 411 g/mol. The van der Waals surface area contributed by atoms with E-state index in [-0.39, 0.29) is 24.9 Å². The van der Waals surface area contributed by atoms with Gasteiger partial charge in [-0.2, -0.15) is 0 Å². The molecule has 1 fully saturated rings. The summed E-state index contributed by atoms with van der Waals surface area (Å²) in [6, 6.07) is 21.0. The Bertz CT molecular complexity index is 1100. The lowest BCUT2D eigenvalue weighted by molar-refractivity contribution is 0.0944. The molecule has 0 radical (unpaired) electrons. The molecule has 1 aliphatic rings. The standard InChI is InChI=1S/C25H23FN2O4/c26-22-10-8-19(9-11-22)23-16-28(25(31)32-23)15-17-4-6-18(7-5-17)20-2-1-3-21(14-20)24(30)27-12-13-29/h1-11,14,23,29H,12-13,15-16H2,(H,27,30). The number of aliphatic hydroxyl groups excluding tert-OH is 1. The van der Waals surface area contributed by atoms with Crippen LogP contribution >= 0.6 is 0 Å². The Hall–Kier alpha value is -3.71. The summed E-state index contributed by atoms with van der Waals surface area (Å²) >= 11 is 0. The second kappa shape index (κ2) is 9.62. The first kappa shape index (κ1) is 21.5. The Balaban J connectivity index is 1.41. The zero-order valence-electron chi connectivity index (χ0n) is 17.3. The molecule has 0 bridgehead atoms. The second-order valence-corrected chi connectivity index (χ2v) is 7.56. The van der Waals surface area contributed by atoms with E-state index >= 15 is 0 Å². The molecule has 2 N–H and O–H groups in total. The van der Waals surface area contributed by atoms with Crippen LogP contribution in [-0.4, -0.2) is 41.7 Å². The van der Waals surface area contributed by atoms with Crippen LogP contribution in [0.5, 0.6) is 0 Å². The van der Waals surface area contributed by atoms with Crippen LogP contribution in [0.2, 0.25) is 0 Å². The molecule has 2 amide bonds. The molecule has 1 unspecified atom stereocenters. The van der Waals surface area contributed by atoms with Crippen molar-refractivity contribution in [1.82, 2.24) is 10.2 Å². The van der Waals surface area contributed by atoms with Crippen LogP contribution in [0.25, 0.3) is 11.1 Å². The van der Waals surface area contributed by atoms with E-state index in [0.717, 1.165) is 22.3 Å². The average Bonchev–Trinajstić information content (AvgIpc) is 3.18. The number of ether oxygens (including phenoxy) is 1. The highest BCUT2D eigenvalue weighted by Crippen LogP contribution is 2.28. The Morgan fingerprint density at radius 1 is 1.06 bits per heavy atom. The van der Waals surface area contributed by atoms with Crippen molar-refractivity contribution >= 4 is 12.0 Å². The molecule has 1 saturated heterocycles. The number of benzene rings is 3. The molecule has 1 atom stereocenters. The number of amides is 2. The van der Waals surface area contributed by atoms with Crippen molar-refractivity contribution in [2.24, 2.45) is 0 Å². The number of carbonyl (C=O) groups is 2. The Morgan fingerprint density at radius 2 is 1.81 bits per heavy atom. The van der Waals surface area contributed by atoms with E-state index in [9.17, 15) is 14.0 Å². The van der Waals surface area contributed by atoms with E-state index < -0.39 is 12.2 Å². The van der Waals surface area contributed by atoms with Crippen LogP contribution in [0.3, 0.4) is 0 Å². The monoisotopic (exact) mass is 434 g/mol. The second-order valence-electron chi connectivity index (χ2n) is 7.56. The number of aliphatic hydroxyl groups is 1. The molecule has 1 aliphatic heterocycles. The topological polar surface area (TPSA) is 78.9 Å². The predicted molar refractivity (Wildman–Crippen MR) is 117 cm³/mol. The van der Waals surface area contributed by atoms with Crippen LogP contribution in [0.15, 0.2) is 72.8 Å². The summed E-state index contributed by atoms with van der Waals surface area (Å²) in [7, 11) is 0. The zero-order valence-corrected chi connectivity index (χ0v) is 17.3. The van der Waals surface area contributed by atoms with Crippen LogP contribution in [0, 0.1) is 5.82 Å². The van der Waals surface area contributed by atoms with E-state index in [1.54, 1.807) is 29.2 Å². The van der Waals surface area contributed by atoms with Gasteiger partial charge in [0.2, 0.25) is 0 Å². The van der Waals surface area contributed by atoms with Crippen LogP contribution in [0.4, 0.5) is 9.18 Å².